The van der Waals surface area contributed by atoms with E-state index in [0.717, 1.165) is 5.56 Å². The number of hydrogen-bond acceptors (Lipinski definition) is 5. The van der Waals surface area contributed by atoms with E-state index in [1.54, 1.807) is 13.2 Å². The van der Waals surface area contributed by atoms with Crippen molar-refractivity contribution in [2.45, 2.75) is 6.92 Å². The van der Waals surface area contributed by atoms with Gasteiger partial charge in [-0.3, -0.25) is 0 Å². The van der Waals surface area contributed by atoms with Gasteiger partial charge in [-0.05, 0) is 12.5 Å². The second kappa shape index (κ2) is 4.61. The van der Waals surface area contributed by atoms with Crippen molar-refractivity contribution in [2.75, 3.05) is 26.1 Å². The van der Waals surface area contributed by atoms with Gasteiger partial charge in [0.25, 0.3) is 0 Å². The summed E-state index contributed by atoms with van der Waals surface area (Å²) < 4.78 is 10.0. The van der Waals surface area contributed by atoms with Gasteiger partial charge in [0.15, 0.2) is 0 Å². The largest absolute Gasteiger partial charge is 0.474 e. The molecule has 5 nitrogen and oxygen atoms in total. The second-order valence-electron chi connectivity index (χ2n) is 2.59. The van der Waals surface area contributed by atoms with E-state index in [1.807, 2.05) is 6.92 Å². The summed E-state index contributed by atoms with van der Waals surface area (Å²) >= 11 is 0. The Labute approximate surface area is 76.9 Å². The highest BCUT2D eigenvalue weighted by molar-refractivity contribution is 5.38. The second-order valence-corrected chi connectivity index (χ2v) is 2.59. The van der Waals surface area contributed by atoms with E-state index in [9.17, 15) is 0 Å². The molecule has 1 heterocycles. The Hall–Kier alpha value is -1.36. The van der Waals surface area contributed by atoms with Crippen molar-refractivity contribution < 1.29 is 9.47 Å². The van der Waals surface area contributed by atoms with E-state index in [-0.39, 0.29) is 0 Å². The first-order valence-corrected chi connectivity index (χ1v) is 3.95. The van der Waals surface area contributed by atoms with Crippen LogP contribution >= 0.6 is 0 Å². The van der Waals surface area contributed by atoms with Crippen molar-refractivity contribution in [1.82, 2.24) is 10.2 Å². The molecule has 2 N–H and O–H groups in total. The number of aromatic nitrogens is 2. The molecular formula is C8H13N3O2. The maximum atomic E-state index is 5.49. The van der Waals surface area contributed by atoms with Crippen LogP contribution in [0.1, 0.15) is 5.56 Å². The lowest BCUT2D eigenvalue weighted by Gasteiger charge is -2.04. The highest BCUT2D eigenvalue weighted by atomic mass is 16.5. The summed E-state index contributed by atoms with van der Waals surface area (Å²) in [6.45, 7) is 2.85. The van der Waals surface area contributed by atoms with E-state index < -0.39 is 0 Å². The number of aryl methyl sites for hydroxylation is 1. The van der Waals surface area contributed by atoms with Crippen molar-refractivity contribution >= 4 is 5.82 Å². The van der Waals surface area contributed by atoms with Crippen molar-refractivity contribution in [2.24, 2.45) is 0 Å². The van der Waals surface area contributed by atoms with Crippen LogP contribution in [0, 0.1) is 6.92 Å². The molecule has 1 rings (SSSR count). The van der Waals surface area contributed by atoms with Gasteiger partial charge in [-0.15, -0.1) is 10.2 Å². The van der Waals surface area contributed by atoms with Gasteiger partial charge in [-0.25, -0.2) is 0 Å². The fraction of sp³-hybridized carbons (Fsp3) is 0.500. The number of anilines is 1. The van der Waals surface area contributed by atoms with Gasteiger partial charge in [-0.1, -0.05) is 0 Å². The molecule has 0 aliphatic carbocycles. The zero-order valence-electron chi connectivity index (χ0n) is 7.78. The summed E-state index contributed by atoms with van der Waals surface area (Å²) in [5, 5.41) is 7.48. The Morgan fingerprint density at radius 3 is 2.77 bits per heavy atom. The normalized spacial score (nSPS) is 10.0. The number of rotatable bonds is 4. The summed E-state index contributed by atoms with van der Waals surface area (Å²) in [7, 11) is 1.61. The molecule has 0 saturated carbocycles. The zero-order chi connectivity index (χ0) is 9.68. The number of methoxy groups -OCH3 is 1. The molecule has 0 fully saturated rings. The molecule has 72 valence electrons. The lowest BCUT2D eigenvalue weighted by molar-refractivity contribution is 0.143. The maximum Gasteiger partial charge on any atom is 0.233 e. The average molecular weight is 183 g/mol. The number of hydrogen-bond donors (Lipinski definition) is 1. The molecule has 0 aliphatic rings. The Balaban J connectivity index is 2.53. The first-order chi connectivity index (χ1) is 6.24. The summed E-state index contributed by atoms with van der Waals surface area (Å²) in [6, 6.07) is 1.75. The van der Waals surface area contributed by atoms with Crippen LogP contribution in [0.25, 0.3) is 0 Å². The Morgan fingerprint density at radius 2 is 2.15 bits per heavy atom. The fourth-order valence-electron chi connectivity index (χ4n) is 0.770. The predicted octanol–water partition coefficient (Wildman–Crippen LogP) is 0.392. The third kappa shape index (κ3) is 2.87. The van der Waals surface area contributed by atoms with Crippen LogP contribution in [0.4, 0.5) is 5.82 Å². The van der Waals surface area contributed by atoms with Gasteiger partial charge in [0.1, 0.15) is 12.4 Å². The molecule has 0 aliphatic heterocycles. The lowest BCUT2D eigenvalue weighted by Crippen LogP contribution is -2.07. The van der Waals surface area contributed by atoms with Crippen molar-refractivity contribution in [3.05, 3.63) is 11.6 Å². The third-order valence-corrected chi connectivity index (χ3v) is 1.54. The Bertz CT molecular complexity index is 278. The number of nitrogens with two attached hydrogens (primary N) is 1. The fourth-order valence-corrected chi connectivity index (χ4v) is 0.770. The molecule has 0 aromatic carbocycles. The van der Waals surface area contributed by atoms with Crippen LogP contribution in [0.15, 0.2) is 6.07 Å². The first-order valence-electron chi connectivity index (χ1n) is 3.95. The van der Waals surface area contributed by atoms with Gasteiger partial charge in [0, 0.05) is 13.2 Å². The van der Waals surface area contributed by atoms with Crippen LogP contribution in [0.3, 0.4) is 0 Å². The average Bonchev–Trinajstić information content (AvgIpc) is 2.12. The van der Waals surface area contributed by atoms with E-state index >= 15 is 0 Å². The van der Waals surface area contributed by atoms with Gasteiger partial charge >= 0.3 is 0 Å². The summed E-state index contributed by atoms with van der Waals surface area (Å²) in [5.41, 5.74) is 6.35. The van der Waals surface area contributed by atoms with Crippen LogP contribution < -0.4 is 10.5 Å². The lowest BCUT2D eigenvalue weighted by atomic mass is 10.3. The van der Waals surface area contributed by atoms with Gasteiger partial charge in [0.2, 0.25) is 5.88 Å². The first kappa shape index (κ1) is 9.73. The zero-order valence-corrected chi connectivity index (χ0v) is 7.78. The summed E-state index contributed by atoms with van der Waals surface area (Å²) in [6.07, 6.45) is 0. The van der Waals surface area contributed by atoms with Gasteiger partial charge < -0.3 is 15.2 Å². The summed E-state index contributed by atoms with van der Waals surface area (Å²) in [5.74, 6) is 0.905. The smallest absolute Gasteiger partial charge is 0.233 e. The highest BCUT2D eigenvalue weighted by Gasteiger charge is 1.99. The number of ether oxygens (including phenoxy) is 2. The van der Waals surface area contributed by atoms with Crippen molar-refractivity contribution in [3.8, 4) is 5.88 Å². The van der Waals surface area contributed by atoms with E-state index in [2.05, 4.69) is 10.2 Å². The molecular weight excluding hydrogens is 170 g/mol. The van der Waals surface area contributed by atoms with Gasteiger partial charge in [-0.2, -0.15) is 0 Å². The van der Waals surface area contributed by atoms with E-state index in [0.29, 0.717) is 24.9 Å². The molecule has 0 spiro atoms. The highest BCUT2D eigenvalue weighted by Crippen LogP contribution is 2.11. The SMILES string of the molecule is COCCOc1cc(C)c(N)nn1. The molecule has 1 aromatic rings. The van der Waals surface area contributed by atoms with Crippen LogP contribution in [-0.2, 0) is 4.74 Å². The molecule has 0 bridgehead atoms. The molecule has 0 amide bonds. The van der Waals surface area contributed by atoms with Gasteiger partial charge in [0.05, 0.1) is 6.61 Å². The minimum Gasteiger partial charge on any atom is -0.474 e. The monoisotopic (exact) mass is 183 g/mol. The molecule has 13 heavy (non-hydrogen) atoms. The number of nitrogens with zero attached hydrogens (tertiary/aromatic N) is 2. The third-order valence-electron chi connectivity index (χ3n) is 1.54. The summed E-state index contributed by atoms with van der Waals surface area (Å²) in [4.78, 5) is 0. The standard InChI is InChI=1S/C8H13N3O2/c1-6-5-7(10-11-8(6)9)13-4-3-12-2/h5H,3-4H2,1-2H3,(H2,9,11). The van der Waals surface area contributed by atoms with Crippen LogP contribution in [0.5, 0.6) is 5.88 Å². The van der Waals surface area contributed by atoms with E-state index in [4.69, 9.17) is 15.2 Å². The van der Waals surface area contributed by atoms with Crippen molar-refractivity contribution in [1.29, 1.82) is 0 Å². The molecule has 0 atom stereocenters. The van der Waals surface area contributed by atoms with Crippen LogP contribution in [0.2, 0.25) is 0 Å². The van der Waals surface area contributed by atoms with Crippen molar-refractivity contribution in [3.63, 3.8) is 0 Å². The topological polar surface area (TPSA) is 70.3 Å². The Kier molecular flexibility index (Phi) is 3.45. The van der Waals surface area contributed by atoms with Crippen LogP contribution in [-0.4, -0.2) is 30.5 Å². The predicted molar refractivity (Wildman–Crippen MR) is 48.6 cm³/mol. The maximum absolute atomic E-state index is 5.49. The number of nitrogen functional groups attached to an aromatic ring is 1. The molecule has 0 unspecified atom stereocenters. The molecule has 5 heteroatoms. The minimum atomic E-state index is 0.430. The quantitative estimate of drug-likeness (QED) is 0.684. The Morgan fingerprint density at radius 1 is 1.38 bits per heavy atom. The van der Waals surface area contributed by atoms with E-state index in [1.165, 1.54) is 0 Å². The minimum absolute atomic E-state index is 0.430. The molecule has 0 radical (unpaired) electrons. The molecule has 1 aromatic heterocycles. The molecule has 0 saturated heterocycles.